The van der Waals surface area contributed by atoms with Crippen LogP contribution < -0.4 is 31.9 Å². The number of carbonyl (C=O) groups is 1. The van der Waals surface area contributed by atoms with Crippen molar-refractivity contribution in [2.75, 3.05) is 27.3 Å². The van der Waals surface area contributed by atoms with E-state index in [9.17, 15) is 4.79 Å². The second kappa shape index (κ2) is 12.5. The van der Waals surface area contributed by atoms with Gasteiger partial charge in [0.15, 0.2) is 5.78 Å². The van der Waals surface area contributed by atoms with Crippen molar-refractivity contribution in [1.29, 1.82) is 0 Å². The first-order valence-corrected chi connectivity index (χ1v) is 15.2. The molecule has 0 atom stereocenters. The average Bonchev–Trinajstić information content (AvgIpc) is 2.98. The molecule has 0 saturated heterocycles. The van der Waals surface area contributed by atoms with Gasteiger partial charge in [-0.2, -0.15) is 0 Å². The molecule has 0 radical (unpaired) electrons. The van der Waals surface area contributed by atoms with Crippen molar-refractivity contribution in [2.24, 2.45) is 0 Å². The van der Waals surface area contributed by atoms with E-state index in [2.05, 4.69) is 132 Å². The highest BCUT2D eigenvalue weighted by Gasteiger charge is 2.44. The highest BCUT2D eigenvalue weighted by Crippen LogP contribution is 2.55. The molecular formula is C33H39N3OP+. The van der Waals surface area contributed by atoms with Gasteiger partial charge in [-0.05, 0) is 69.9 Å². The monoisotopic (exact) mass is 524 g/mol. The second-order valence-electron chi connectivity index (χ2n) is 9.65. The molecule has 1 aliphatic carbocycles. The second-order valence-corrected chi connectivity index (χ2v) is 13.2. The number of nitrogens with one attached hydrogen (secondary N) is 3. The molecule has 0 amide bonds. The molecule has 0 unspecified atom stereocenters. The Morgan fingerprint density at radius 2 is 1.29 bits per heavy atom. The molecule has 4 nitrogen and oxygen atoms in total. The molecule has 0 aliphatic heterocycles. The van der Waals surface area contributed by atoms with E-state index in [1.807, 2.05) is 21.1 Å². The van der Waals surface area contributed by atoms with E-state index < -0.39 is 12.9 Å². The van der Waals surface area contributed by atoms with Gasteiger partial charge in [0.05, 0.1) is 17.5 Å². The summed E-state index contributed by atoms with van der Waals surface area (Å²) < 4.78 is 0. The number of Topliss-reactive ketones (excluding diaryl/α,β-unsaturated/α-hetero) is 1. The molecule has 0 fully saturated rings. The minimum absolute atomic E-state index is 0.150. The van der Waals surface area contributed by atoms with Crippen LogP contribution in [0.3, 0.4) is 0 Å². The molecular weight excluding hydrogens is 485 g/mol. The lowest BCUT2D eigenvalue weighted by molar-refractivity contribution is -0.117. The van der Waals surface area contributed by atoms with Crippen LogP contribution in [0.1, 0.15) is 19.8 Å². The zero-order valence-corrected chi connectivity index (χ0v) is 23.8. The SMILES string of the molecule is CNC1=C(C=CC(C)=CC[P+](c2ccccc2)(c2ccccc2)c2ccccc2)C(NC)(NC)CCC1=O. The smallest absolute Gasteiger partial charge is 0.179 e. The van der Waals surface area contributed by atoms with Gasteiger partial charge in [0.1, 0.15) is 23.2 Å². The number of allylic oxidation sites excluding steroid dienone is 4. The number of carbonyl (C=O) groups excluding carboxylic acids is 1. The number of hydrogen-bond acceptors (Lipinski definition) is 4. The van der Waals surface area contributed by atoms with Crippen molar-refractivity contribution in [1.82, 2.24) is 16.0 Å². The van der Waals surface area contributed by atoms with Crippen molar-refractivity contribution in [3.63, 3.8) is 0 Å². The van der Waals surface area contributed by atoms with Crippen LogP contribution in [0.2, 0.25) is 0 Å². The van der Waals surface area contributed by atoms with Crippen LogP contribution in [-0.4, -0.2) is 38.8 Å². The Labute approximate surface area is 228 Å². The number of likely N-dealkylation sites (N-methyl/N-ethyl adjacent to an activating group) is 3. The van der Waals surface area contributed by atoms with Crippen LogP contribution in [0.4, 0.5) is 0 Å². The number of benzene rings is 3. The molecule has 4 rings (SSSR count). The zero-order valence-electron chi connectivity index (χ0n) is 22.9. The lowest BCUT2D eigenvalue weighted by Crippen LogP contribution is -2.58. The van der Waals surface area contributed by atoms with Gasteiger partial charge in [-0.15, -0.1) is 0 Å². The van der Waals surface area contributed by atoms with Crippen LogP contribution >= 0.6 is 7.26 Å². The topological polar surface area (TPSA) is 53.2 Å². The van der Waals surface area contributed by atoms with Crippen LogP contribution in [0.25, 0.3) is 0 Å². The highest BCUT2D eigenvalue weighted by atomic mass is 31.2. The number of hydrogen-bond donors (Lipinski definition) is 3. The van der Waals surface area contributed by atoms with Crippen LogP contribution in [0.15, 0.2) is 126 Å². The molecule has 0 bridgehead atoms. The average molecular weight is 525 g/mol. The van der Waals surface area contributed by atoms with E-state index in [0.29, 0.717) is 18.5 Å². The summed E-state index contributed by atoms with van der Waals surface area (Å²) in [4.78, 5) is 12.7. The van der Waals surface area contributed by atoms with E-state index in [1.165, 1.54) is 21.5 Å². The molecule has 3 aromatic rings. The van der Waals surface area contributed by atoms with E-state index in [0.717, 1.165) is 11.7 Å². The Kier molecular flexibility index (Phi) is 9.12. The van der Waals surface area contributed by atoms with Gasteiger partial charge in [0, 0.05) is 19.0 Å². The molecule has 0 heterocycles. The van der Waals surface area contributed by atoms with Crippen LogP contribution in [0, 0.1) is 0 Å². The molecule has 3 aromatic carbocycles. The Bertz CT molecular complexity index is 1210. The third-order valence-corrected chi connectivity index (χ3v) is 11.9. The van der Waals surface area contributed by atoms with Crippen LogP contribution in [0.5, 0.6) is 0 Å². The minimum atomic E-state index is -1.94. The minimum Gasteiger partial charge on any atom is -0.385 e. The quantitative estimate of drug-likeness (QED) is 0.208. The molecule has 5 heteroatoms. The standard InChI is InChI=1S/C33H39N3OP/c1-26(20-21-30-32(34-2)31(37)22-24-33(30,35-3)36-4)23-25-38(27-14-8-5-9-15-27,28-16-10-6-11-17-28)29-18-12-7-13-19-29/h5-21,23,34-36H,22,24-25H2,1-4H3/q+1. The lowest BCUT2D eigenvalue weighted by Gasteiger charge is -2.39. The van der Waals surface area contributed by atoms with Crippen molar-refractivity contribution < 1.29 is 4.79 Å². The normalized spacial score (nSPS) is 16.2. The molecule has 3 N–H and O–H groups in total. The van der Waals surface area contributed by atoms with E-state index in [4.69, 9.17) is 0 Å². The van der Waals surface area contributed by atoms with Crippen molar-refractivity contribution >= 4 is 29.0 Å². The Morgan fingerprint density at radius 3 is 1.71 bits per heavy atom. The summed E-state index contributed by atoms with van der Waals surface area (Å²) in [5.74, 6) is 0.150. The maximum atomic E-state index is 12.7. The molecule has 0 aromatic heterocycles. The summed E-state index contributed by atoms with van der Waals surface area (Å²) in [6.45, 7) is 2.15. The predicted octanol–water partition coefficient (Wildman–Crippen LogP) is 4.45. The number of rotatable bonds is 10. The van der Waals surface area contributed by atoms with E-state index in [-0.39, 0.29) is 5.78 Å². The fourth-order valence-electron chi connectivity index (χ4n) is 5.44. The summed E-state index contributed by atoms with van der Waals surface area (Å²) in [5.41, 5.74) is 2.34. The fourth-order valence-corrected chi connectivity index (χ4v) is 9.57. The van der Waals surface area contributed by atoms with Gasteiger partial charge < -0.3 is 5.32 Å². The van der Waals surface area contributed by atoms with Gasteiger partial charge in [0.2, 0.25) is 0 Å². The largest absolute Gasteiger partial charge is 0.385 e. The van der Waals surface area contributed by atoms with Gasteiger partial charge in [-0.1, -0.05) is 72.3 Å². The van der Waals surface area contributed by atoms with Gasteiger partial charge in [-0.25, -0.2) is 0 Å². The Hall–Kier alpha value is -3.30. The van der Waals surface area contributed by atoms with Crippen molar-refractivity contribution in [3.8, 4) is 0 Å². The first-order valence-electron chi connectivity index (χ1n) is 13.2. The van der Waals surface area contributed by atoms with Crippen molar-refractivity contribution in [3.05, 3.63) is 126 Å². The first-order chi connectivity index (χ1) is 18.5. The van der Waals surface area contributed by atoms with E-state index >= 15 is 0 Å². The van der Waals surface area contributed by atoms with E-state index in [1.54, 1.807) is 0 Å². The maximum absolute atomic E-state index is 12.7. The van der Waals surface area contributed by atoms with Gasteiger partial charge in [0.25, 0.3) is 0 Å². The summed E-state index contributed by atoms with van der Waals surface area (Å²) in [5, 5.41) is 14.1. The Morgan fingerprint density at radius 1 is 0.816 bits per heavy atom. The number of ketones is 1. The predicted molar refractivity (Wildman–Crippen MR) is 164 cm³/mol. The molecule has 0 spiro atoms. The summed E-state index contributed by atoms with van der Waals surface area (Å²) >= 11 is 0. The van der Waals surface area contributed by atoms with Gasteiger partial charge >= 0.3 is 0 Å². The summed E-state index contributed by atoms with van der Waals surface area (Å²) in [6, 6.07) is 32.8. The van der Waals surface area contributed by atoms with Crippen molar-refractivity contribution in [2.45, 2.75) is 25.4 Å². The molecule has 38 heavy (non-hydrogen) atoms. The molecule has 0 saturated carbocycles. The summed E-state index contributed by atoms with van der Waals surface area (Å²) in [7, 11) is 3.76. The lowest BCUT2D eigenvalue weighted by atomic mass is 9.84. The summed E-state index contributed by atoms with van der Waals surface area (Å²) in [6.07, 6.45) is 8.71. The van der Waals surface area contributed by atoms with Gasteiger partial charge in [-0.3, -0.25) is 15.4 Å². The fraction of sp³-hybridized carbons (Fsp3) is 0.242. The highest BCUT2D eigenvalue weighted by molar-refractivity contribution is 7.95. The third-order valence-electron chi connectivity index (χ3n) is 7.63. The maximum Gasteiger partial charge on any atom is 0.179 e. The zero-order chi connectivity index (χ0) is 27.0. The first kappa shape index (κ1) is 27.7. The molecule has 196 valence electrons. The van der Waals surface area contributed by atoms with Crippen LogP contribution in [-0.2, 0) is 4.79 Å². The molecule has 1 aliphatic rings. The Balaban J connectivity index is 1.79. The third kappa shape index (κ3) is 5.44.